The van der Waals surface area contributed by atoms with Gasteiger partial charge in [-0.2, -0.15) is 5.10 Å². The molecule has 0 unspecified atom stereocenters. The molecular formula is C24H25BrFN3O2. The maximum atomic E-state index is 13.3. The van der Waals surface area contributed by atoms with Crippen LogP contribution in [0.5, 0.6) is 0 Å². The van der Waals surface area contributed by atoms with Crippen LogP contribution in [0.15, 0.2) is 53.0 Å². The van der Waals surface area contributed by atoms with Crippen LogP contribution in [0.25, 0.3) is 5.69 Å². The van der Waals surface area contributed by atoms with E-state index in [1.807, 2.05) is 26.0 Å². The third-order valence-corrected chi connectivity index (χ3v) is 6.45. The molecule has 7 heteroatoms. The maximum absolute atomic E-state index is 13.3. The van der Waals surface area contributed by atoms with E-state index in [1.165, 1.54) is 12.1 Å². The summed E-state index contributed by atoms with van der Waals surface area (Å²) < 4.78 is 21.6. The van der Waals surface area contributed by atoms with Crippen molar-refractivity contribution in [1.82, 2.24) is 15.1 Å². The Balaban J connectivity index is 1.58. The number of hydrogen-bond acceptors (Lipinski definition) is 3. The predicted molar refractivity (Wildman–Crippen MR) is 121 cm³/mol. The zero-order valence-corrected chi connectivity index (χ0v) is 19.2. The molecule has 0 aliphatic carbocycles. The van der Waals surface area contributed by atoms with Crippen molar-refractivity contribution in [3.8, 4) is 5.69 Å². The number of halogens is 2. The van der Waals surface area contributed by atoms with E-state index < -0.39 is 5.54 Å². The number of nitrogens with one attached hydrogen (secondary N) is 1. The maximum Gasteiger partial charge on any atom is 0.225 e. The van der Waals surface area contributed by atoms with Crippen LogP contribution in [0.2, 0.25) is 0 Å². The molecule has 1 fully saturated rings. The first kappa shape index (κ1) is 21.7. The first-order chi connectivity index (χ1) is 14.9. The van der Waals surface area contributed by atoms with Gasteiger partial charge in [0.1, 0.15) is 5.82 Å². The van der Waals surface area contributed by atoms with Gasteiger partial charge in [-0.15, -0.1) is 0 Å². The third-order valence-electron chi connectivity index (χ3n) is 5.95. The van der Waals surface area contributed by atoms with Crippen LogP contribution >= 0.6 is 15.9 Å². The summed E-state index contributed by atoms with van der Waals surface area (Å²) in [7, 11) is 0. The SMILES string of the molecule is Cc1nn(-c2ccc(F)cc2)c(C)c1CC(=O)NC1(c2cccc(Br)c2)CCOCC1. The fourth-order valence-corrected chi connectivity index (χ4v) is 4.63. The van der Waals surface area contributed by atoms with Gasteiger partial charge in [0.25, 0.3) is 0 Å². The number of aryl methyl sites for hydroxylation is 1. The van der Waals surface area contributed by atoms with E-state index in [4.69, 9.17) is 4.74 Å². The first-order valence-electron chi connectivity index (χ1n) is 10.3. The van der Waals surface area contributed by atoms with Crippen LogP contribution in [0.4, 0.5) is 4.39 Å². The molecule has 1 aromatic heterocycles. The Hall–Kier alpha value is -2.51. The van der Waals surface area contributed by atoms with E-state index >= 15 is 0 Å². The number of aromatic nitrogens is 2. The first-order valence-corrected chi connectivity index (χ1v) is 11.1. The van der Waals surface area contributed by atoms with Crippen molar-refractivity contribution in [2.45, 2.75) is 38.6 Å². The van der Waals surface area contributed by atoms with E-state index in [1.54, 1.807) is 16.8 Å². The topological polar surface area (TPSA) is 56.2 Å². The number of benzene rings is 2. The fraction of sp³-hybridized carbons (Fsp3) is 0.333. The van der Waals surface area contributed by atoms with Gasteiger partial charge in [-0.1, -0.05) is 28.1 Å². The smallest absolute Gasteiger partial charge is 0.225 e. The van der Waals surface area contributed by atoms with Gasteiger partial charge < -0.3 is 10.1 Å². The average Bonchev–Trinajstić information content (AvgIpc) is 3.03. The number of ether oxygens (including phenoxy) is 1. The van der Waals surface area contributed by atoms with E-state index in [9.17, 15) is 9.18 Å². The summed E-state index contributed by atoms with van der Waals surface area (Å²) in [6.45, 7) is 5.04. The lowest BCUT2D eigenvalue weighted by Gasteiger charge is -2.38. The van der Waals surface area contributed by atoms with Crippen molar-refractivity contribution in [2.75, 3.05) is 13.2 Å². The largest absolute Gasteiger partial charge is 0.381 e. The minimum absolute atomic E-state index is 0.0493. The van der Waals surface area contributed by atoms with Gasteiger partial charge in [0.2, 0.25) is 5.91 Å². The highest BCUT2D eigenvalue weighted by molar-refractivity contribution is 9.10. The molecule has 1 N–H and O–H groups in total. The summed E-state index contributed by atoms with van der Waals surface area (Å²) in [5.41, 5.74) is 3.95. The number of carbonyl (C=O) groups is 1. The van der Waals surface area contributed by atoms with Crippen molar-refractivity contribution >= 4 is 21.8 Å². The molecule has 162 valence electrons. The van der Waals surface area contributed by atoms with Gasteiger partial charge in [0, 0.05) is 28.9 Å². The van der Waals surface area contributed by atoms with Crippen molar-refractivity contribution in [2.24, 2.45) is 0 Å². The molecule has 1 amide bonds. The van der Waals surface area contributed by atoms with Gasteiger partial charge in [-0.25, -0.2) is 9.07 Å². The van der Waals surface area contributed by atoms with Crippen LogP contribution in [0.3, 0.4) is 0 Å². The monoisotopic (exact) mass is 485 g/mol. The quantitative estimate of drug-likeness (QED) is 0.566. The average molecular weight is 486 g/mol. The molecule has 5 nitrogen and oxygen atoms in total. The summed E-state index contributed by atoms with van der Waals surface area (Å²) in [6, 6.07) is 14.3. The fourth-order valence-electron chi connectivity index (χ4n) is 4.23. The van der Waals surface area contributed by atoms with Crippen LogP contribution in [-0.2, 0) is 21.5 Å². The Kier molecular flexibility index (Phi) is 6.25. The molecule has 2 heterocycles. The van der Waals surface area contributed by atoms with Crippen molar-refractivity contribution in [3.05, 3.63) is 81.3 Å². The van der Waals surface area contributed by atoms with Crippen LogP contribution in [0.1, 0.15) is 35.4 Å². The van der Waals surface area contributed by atoms with E-state index in [0.717, 1.165) is 45.5 Å². The van der Waals surface area contributed by atoms with Crippen molar-refractivity contribution in [1.29, 1.82) is 0 Å². The zero-order valence-electron chi connectivity index (χ0n) is 17.6. The highest BCUT2D eigenvalue weighted by Crippen LogP contribution is 2.34. The third kappa shape index (κ3) is 4.57. The lowest BCUT2D eigenvalue weighted by Crippen LogP contribution is -2.50. The number of rotatable bonds is 5. The molecule has 2 aromatic carbocycles. The van der Waals surface area contributed by atoms with Gasteiger partial charge in [-0.3, -0.25) is 4.79 Å². The Morgan fingerprint density at radius 1 is 1.19 bits per heavy atom. The van der Waals surface area contributed by atoms with E-state index in [0.29, 0.717) is 13.2 Å². The van der Waals surface area contributed by atoms with E-state index in [-0.39, 0.29) is 18.1 Å². The molecule has 1 saturated heterocycles. The summed E-state index contributed by atoms with van der Waals surface area (Å²) in [5.74, 6) is -0.342. The number of hydrogen-bond donors (Lipinski definition) is 1. The zero-order chi connectivity index (χ0) is 22.0. The Morgan fingerprint density at radius 3 is 2.58 bits per heavy atom. The summed E-state index contributed by atoms with van der Waals surface area (Å²) >= 11 is 3.54. The number of amides is 1. The Labute approximate surface area is 189 Å². The molecule has 4 rings (SSSR count). The van der Waals surface area contributed by atoms with Crippen LogP contribution < -0.4 is 5.32 Å². The summed E-state index contributed by atoms with van der Waals surface area (Å²) in [5, 5.41) is 7.89. The minimum Gasteiger partial charge on any atom is -0.381 e. The molecule has 0 bridgehead atoms. The Bertz CT molecular complexity index is 1090. The molecule has 0 atom stereocenters. The van der Waals surface area contributed by atoms with Crippen molar-refractivity contribution < 1.29 is 13.9 Å². The van der Waals surface area contributed by atoms with Gasteiger partial charge in [0.05, 0.1) is 23.3 Å². The highest BCUT2D eigenvalue weighted by atomic mass is 79.9. The Morgan fingerprint density at radius 2 is 1.90 bits per heavy atom. The lowest BCUT2D eigenvalue weighted by molar-refractivity contribution is -0.123. The van der Waals surface area contributed by atoms with E-state index in [2.05, 4.69) is 38.5 Å². The summed E-state index contributed by atoms with van der Waals surface area (Å²) in [6.07, 6.45) is 1.68. The molecule has 0 spiro atoms. The second kappa shape index (κ2) is 8.93. The highest BCUT2D eigenvalue weighted by Gasteiger charge is 2.36. The molecular weight excluding hydrogens is 461 g/mol. The summed E-state index contributed by atoms with van der Waals surface area (Å²) in [4.78, 5) is 13.2. The van der Waals surface area contributed by atoms with Crippen LogP contribution in [-0.4, -0.2) is 28.9 Å². The lowest BCUT2D eigenvalue weighted by atomic mass is 9.82. The standard InChI is InChI=1S/C24H25BrFN3O2/c1-16-22(17(2)29(28-16)21-8-6-20(26)7-9-21)15-23(30)27-24(10-12-31-13-11-24)18-4-3-5-19(25)14-18/h3-9,14H,10-13,15H2,1-2H3,(H,27,30). The second-order valence-electron chi connectivity index (χ2n) is 7.97. The molecule has 1 aliphatic heterocycles. The second-order valence-corrected chi connectivity index (χ2v) is 8.88. The van der Waals surface area contributed by atoms with Crippen molar-refractivity contribution in [3.63, 3.8) is 0 Å². The molecule has 0 radical (unpaired) electrons. The van der Waals surface area contributed by atoms with Gasteiger partial charge in [-0.05, 0) is 68.7 Å². The predicted octanol–water partition coefficient (Wildman–Crippen LogP) is 4.76. The van der Waals surface area contributed by atoms with Crippen LogP contribution in [0, 0.1) is 19.7 Å². The number of carbonyl (C=O) groups excluding carboxylic acids is 1. The minimum atomic E-state index is -0.451. The number of nitrogens with zero attached hydrogens (tertiary/aromatic N) is 2. The molecule has 0 saturated carbocycles. The normalized spacial score (nSPS) is 15.6. The molecule has 3 aromatic rings. The molecule has 1 aliphatic rings. The van der Waals surface area contributed by atoms with Gasteiger partial charge in [0.15, 0.2) is 0 Å². The molecule has 31 heavy (non-hydrogen) atoms. The van der Waals surface area contributed by atoms with Gasteiger partial charge >= 0.3 is 0 Å².